The predicted octanol–water partition coefficient (Wildman–Crippen LogP) is 5.63. The molecule has 1 saturated heterocycles. The third-order valence-corrected chi connectivity index (χ3v) is 7.54. The molecule has 3 heterocycles. The highest BCUT2D eigenvalue weighted by atomic mass is 32.1. The van der Waals surface area contributed by atoms with Gasteiger partial charge in [0.15, 0.2) is 0 Å². The van der Waals surface area contributed by atoms with E-state index in [0.717, 1.165) is 53.4 Å². The number of rotatable bonds is 6. The molecule has 0 aliphatic carbocycles. The van der Waals surface area contributed by atoms with Crippen molar-refractivity contribution in [2.24, 2.45) is 5.73 Å². The Balaban J connectivity index is 1.56. The van der Waals surface area contributed by atoms with E-state index in [0.29, 0.717) is 11.0 Å². The summed E-state index contributed by atoms with van der Waals surface area (Å²) in [6, 6.07) is 15.5. The Labute approximate surface area is 203 Å². The van der Waals surface area contributed by atoms with Crippen molar-refractivity contribution in [3.63, 3.8) is 0 Å². The Morgan fingerprint density at radius 3 is 2.85 bits per heavy atom. The van der Waals surface area contributed by atoms with Crippen molar-refractivity contribution in [1.29, 1.82) is 0 Å². The number of benzene rings is 2. The van der Waals surface area contributed by atoms with Gasteiger partial charge in [0.05, 0.1) is 6.10 Å². The first-order valence-electron chi connectivity index (χ1n) is 11.4. The molecule has 1 aliphatic rings. The summed E-state index contributed by atoms with van der Waals surface area (Å²) in [5.74, 6) is 0. The van der Waals surface area contributed by atoms with Crippen molar-refractivity contribution < 1.29 is 4.74 Å². The number of hydrogen-bond acceptors (Lipinski definition) is 5. The molecule has 2 aromatic heterocycles. The van der Waals surface area contributed by atoms with Crippen LogP contribution in [0.15, 0.2) is 48.7 Å². The van der Waals surface area contributed by atoms with E-state index in [2.05, 4.69) is 58.2 Å². The SMILES string of the molecule is Cc1nnc(CCc2ccc3c(-c4cccc(C(N)=S)c4)cn(C4CCOC(C)C4)c3c2)s1. The summed E-state index contributed by atoms with van der Waals surface area (Å²) in [5, 5.41) is 11.8. The third kappa shape index (κ3) is 4.71. The Hall–Kier alpha value is -2.61. The molecule has 0 bridgehead atoms. The second-order valence-electron chi connectivity index (χ2n) is 8.82. The van der Waals surface area contributed by atoms with Crippen molar-refractivity contribution in [2.45, 2.75) is 51.7 Å². The standard InChI is InChI=1S/C26H28N4OS2/c1-16-12-21(10-11-31-16)30-15-23(19-4-3-5-20(14-19)26(27)32)22-8-6-18(13-24(22)30)7-9-25-29-28-17(2)33-25/h3-6,8,13-16,21H,7,9-12H2,1-2H3,(H2,27,32). The molecule has 7 heteroatoms. The van der Waals surface area contributed by atoms with E-state index in [4.69, 9.17) is 22.7 Å². The van der Waals surface area contributed by atoms with E-state index >= 15 is 0 Å². The Morgan fingerprint density at radius 1 is 1.21 bits per heavy atom. The summed E-state index contributed by atoms with van der Waals surface area (Å²) in [4.78, 5) is 0.424. The molecule has 0 spiro atoms. The van der Waals surface area contributed by atoms with Gasteiger partial charge in [0.1, 0.15) is 15.0 Å². The lowest BCUT2D eigenvalue weighted by Gasteiger charge is -2.29. The minimum Gasteiger partial charge on any atom is -0.389 e. The summed E-state index contributed by atoms with van der Waals surface area (Å²) < 4.78 is 8.30. The van der Waals surface area contributed by atoms with E-state index in [1.165, 1.54) is 22.0 Å². The normalized spacial score (nSPS) is 18.6. The highest BCUT2D eigenvalue weighted by Gasteiger charge is 2.23. The molecule has 0 amide bonds. The fraction of sp³-hybridized carbons (Fsp3) is 0.346. The number of nitrogens with zero attached hydrogens (tertiary/aromatic N) is 3. The molecule has 170 valence electrons. The lowest BCUT2D eigenvalue weighted by atomic mass is 10.0. The number of thiocarbonyl (C=S) groups is 1. The molecular weight excluding hydrogens is 448 g/mol. The van der Waals surface area contributed by atoms with E-state index in [1.54, 1.807) is 11.3 Å². The molecule has 5 nitrogen and oxygen atoms in total. The van der Waals surface area contributed by atoms with Crippen LogP contribution in [0.2, 0.25) is 0 Å². The van der Waals surface area contributed by atoms with Crippen LogP contribution < -0.4 is 5.73 Å². The zero-order valence-electron chi connectivity index (χ0n) is 19.0. The largest absolute Gasteiger partial charge is 0.389 e. The molecular formula is C26H28N4OS2. The second-order valence-corrected chi connectivity index (χ2v) is 10.5. The van der Waals surface area contributed by atoms with Crippen LogP contribution >= 0.6 is 23.6 Å². The molecule has 33 heavy (non-hydrogen) atoms. The van der Waals surface area contributed by atoms with Crippen LogP contribution in [0.1, 0.15) is 46.9 Å². The first-order valence-corrected chi connectivity index (χ1v) is 12.6. The summed E-state index contributed by atoms with van der Waals surface area (Å²) in [6.45, 7) is 4.97. The van der Waals surface area contributed by atoms with Gasteiger partial charge in [-0.2, -0.15) is 0 Å². The molecule has 2 unspecified atom stereocenters. The molecule has 4 aromatic rings. The van der Waals surface area contributed by atoms with Crippen molar-refractivity contribution in [2.75, 3.05) is 6.61 Å². The van der Waals surface area contributed by atoms with Gasteiger partial charge in [0.2, 0.25) is 0 Å². The zero-order valence-corrected chi connectivity index (χ0v) is 20.6. The first-order chi connectivity index (χ1) is 16.0. The predicted molar refractivity (Wildman–Crippen MR) is 139 cm³/mol. The molecule has 2 atom stereocenters. The minimum atomic E-state index is 0.270. The van der Waals surface area contributed by atoms with Gasteiger partial charge in [-0.05, 0) is 56.4 Å². The van der Waals surface area contributed by atoms with Crippen molar-refractivity contribution >= 4 is 39.4 Å². The van der Waals surface area contributed by atoms with Crippen LogP contribution in [0.5, 0.6) is 0 Å². The van der Waals surface area contributed by atoms with Gasteiger partial charge in [-0.3, -0.25) is 0 Å². The molecule has 1 fully saturated rings. The minimum absolute atomic E-state index is 0.270. The number of fused-ring (bicyclic) bond motifs is 1. The summed E-state index contributed by atoms with van der Waals surface area (Å²) in [5.41, 5.74) is 11.8. The number of nitrogens with two attached hydrogens (primary N) is 1. The number of hydrogen-bond donors (Lipinski definition) is 1. The highest BCUT2D eigenvalue weighted by Crippen LogP contribution is 2.37. The van der Waals surface area contributed by atoms with E-state index < -0.39 is 0 Å². The molecule has 0 radical (unpaired) electrons. The highest BCUT2D eigenvalue weighted by molar-refractivity contribution is 7.80. The van der Waals surface area contributed by atoms with Crippen molar-refractivity contribution in [3.05, 3.63) is 69.8 Å². The quantitative estimate of drug-likeness (QED) is 0.366. The maximum absolute atomic E-state index is 5.92. The van der Waals surface area contributed by atoms with Gasteiger partial charge in [-0.15, -0.1) is 21.5 Å². The second kappa shape index (κ2) is 9.33. The molecule has 2 N–H and O–H groups in total. The van der Waals surface area contributed by atoms with Crippen LogP contribution in [0, 0.1) is 6.92 Å². The number of ether oxygens (including phenoxy) is 1. The lowest BCUT2D eigenvalue weighted by Crippen LogP contribution is -2.25. The molecule has 2 aromatic carbocycles. The van der Waals surface area contributed by atoms with Gasteiger partial charge in [-0.25, -0.2) is 0 Å². The topological polar surface area (TPSA) is 66.0 Å². The van der Waals surface area contributed by atoms with Crippen molar-refractivity contribution in [3.8, 4) is 11.1 Å². The fourth-order valence-corrected chi connectivity index (χ4v) is 5.58. The van der Waals surface area contributed by atoms with Gasteiger partial charge in [0.25, 0.3) is 0 Å². The van der Waals surface area contributed by atoms with Crippen LogP contribution in [-0.4, -0.2) is 32.5 Å². The van der Waals surface area contributed by atoms with Gasteiger partial charge >= 0.3 is 0 Å². The van der Waals surface area contributed by atoms with Gasteiger partial charge < -0.3 is 15.0 Å². The Morgan fingerprint density at radius 2 is 2.09 bits per heavy atom. The maximum Gasteiger partial charge on any atom is 0.117 e. The van der Waals surface area contributed by atoms with E-state index in [1.807, 2.05) is 19.1 Å². The van der Waals surface area contributed by atoms with Crippen LogP contribution in [0.3, 0.4) is 0 Å². The maximum atomic E-state index is 5.92. The monoisotopic (exact) mass is 476 g/mol. The summed E-state index contributed by atoms with van der Waals surface area (Å²) >= 11 is 6.91. The van der Waals surface area contributed by atoms with E-state index in [9.17, 15) is 0 Å². The van der Waals surface area contributed by atoms with Gasteiger partial charge in [0, 0.05) is 47.3 Å². The Bertz CT molecular complexity index is 1310. The average Bonchev–Trinajstić information content (AvgIpc) is 3.41. The summed E-state index contributed by atoms with van der Waals surface area (Å²) in [7, 11) is 0. The number of aryl methyl sites for hydroxylation is 3. The van der Waals surface area contributed by atoms with Crippen LogP contribution in [-0.2, 0) is 17.6 Å². The third-order valence-electron chi connectivity index (χ3n) is 6.40. The number of aromatic nitrogens is 3. The van der Waals surface area contributed by atoms with Crippen molar-refractivity contribution in [1.82, 2.24) is 14.8 Å². The van der Waals surface area contributed by atoms with Gasteiger partial charge in [-0.1, -0.05) is 42.5 Å². The first kappa shape index (κ1) is 22.2. The average molecular weight is 477 g/mol. The van der Waals surface area contributed by atoms with Crippen LogP contribution in [0.25, 0.3) is 22.0 Å². The lowest BCUT2D eigenvalue weighted by molar-refractivity contribution is 0.00682. The fourth-order valence-electron chi connectivity index (χ4n) is 4.74. The molecule has 1 aliphatic heterocycles. The van der Waals surface area contributed by atoms with Crippen LogP contribution in [0.4, 0.5) is 0 Å². The molecule has 5 rings (SSSR count). The zero-order chi connectivity index (χ0) is 22.9. The smallest absolute Gasteiger partial charge is 0.117 e. The Kier molecular flexibility index (Phi) is 6.27. The van der Waals surface area contributed by atoms with E-state index in [-0.39, 0.29) is 6.10 Å². The molecule has 0 saturated carbocycles. The summed E-state index contributed by atoms with van der Waals surface area (Å²) in [6.07, 6.45) is 6.48.